The van der Waals surface area contributed by atoms with Crippen LogP contribution in [0.1, 0.15) is 18.1 Å². The summed E-state index contributed by atoms with van der Waals surface area (Å²) in [6.07, 6.45) is 4.25. The van der Waals surface area contributed by atoms with Crippen molar-refractivity contribution < 1.29 is 5.11 Å². The molecule has 0 heterocycles. The Hall–Kier alpha value is -2.26. The molecule has 0 aliphatic rings. The van der Waals surface area contributed by atoms with Gasteiger partial charge in [0.2, 0.25) is 0 Å². The predicted molar refractivity (Wildman–Crippen MR) is 101 cm³/mol. The van der Waals surface area contributed by atoms with Crippen LogP contribution in [-0.4, -0.2) is 38.9 Å². The lowest BCUT2D eigenvalue weighted by Gasteiger charge is -2.21. The van der Waals surface area contributed by atoms with E-state index >= 15 is 0 Å². The third-order valence-corrected chi connectivity index (χ3v) is 3.89. The Balaban J connectivity index is 2.05. The summed E-state index contributed by atoms with van der Waals surface area (Å²) in [5, 5.41) is 9.09. The van der Waals surface area contributed by atoms with Gasteiger partial charge in [0.1, 0.15) is 0 Å². The van der Waals surface area contributed by atoms with Crippen LogP contribution in [0.2, 0.25) is 0 Å². The zero-order valence-corrected chi connectivity index (χ0v) is 14.2. The minimum atomic E-state index is 0.179. The highest BCUT2D eigenvalue weighted by Gasteiger charge is 2.02. The van der Waals surface area contributed by atoms with Crippen LogP contribution >= 0.6 is 0 Å². The van der Waals surface area contributed by atoms with E-state index in [0.29, 0.717) is 6.54 Å². The largest absolute Gasteiger partial charge is 0.395 e. The van der Waals surface area contributed by atoms with Crippen molar-refractivity contribution in [1.82, 2.24) is 0 Å². The Morgan fingerprint density at radius 1 is 0.826 bits per heavy atom. The Bertz CT molecular complexity index is 615. The number of anilines is 2. The number of likely N-dealkylation sites (N-methyl/N-ethyl adjacent to an activating group) is 1. The maximum absolute atomic E-state index is 9.09. The minimum absolute atomic E-state index is 0.179. The first-order valence-corrected chi connectivity index (χ1v) is 8.05. The van der Waals surface area contributed by atoms with E-state index in [4.69, 9.17) is 5.11 Å². The molecule has 0 aliphatic heterocycles. The van der Waals surface area contributed by atoms with E-state index in [9.17, 15) is 0 Å². The van der Waals surface area contributed by atoms with E-state index in [1.165, 1.54) is 16.8 Å². The van der Waals surface area contributed by atoms with E-state index in [1.54, 1.807) is 0 Å². The molecule has 0 fully saturated rings. The lowest BCUT2D eigenvalue weighted by molar-refractivity contribution is 0.302. The number of aliphatic hydroxyl groups excluding tert-OH is 1. The van der Waals surface area contributed by atoms with Gasteiger partial charge in [-0.15, -0.1) is 0 Å². The number of rotatable bonds is 7. The molecule has 2 aromatic carbocycles. The van der Waals surface area contributed by atoms with Gasteiger partial charge in [-0.3, -0.25) is 0 Å². The summed E-state index contributed by atoms with van der Waals surface area (Å²) in [7, 11) is 4.09. The summed E-state index contributed by atoms with van der Waals surface area (Å²) in [6.45, 7) is 3.84. The van der Waals surface area contributed by atoms with Crippen LogP contribution in [-0.2, 0) is 0 Å². The Morgan fingerprint density at radius 2 is 1.30 bits per heavy atom. The van der Waals surface area contributed by atoms with Crippen molar-refractivity contribution >= 4 is 23.5 Å². The molecule has 3 nitrogen and oxygen atoms in total. The van der Waals surface area contributed by atoms with Gasteiger partial charge in [-0.05, 0) is 42.3 Å². The summed E-state index contributed by atoms with van der Waals surface area (Å²) < 4.78 is 0. The quantitative estimate of drug-likeness (QED) is 0.789. The van der Waals surface area contributed by atoms with Crippen LogP contribution in [0, 0.1) is 0 Å². The average molecular weight is 310 g/mol. The molecule has 3 heteroatoms. The van der Waals surface area contributed by atoms with Gasteiger partial charge in [0.25, 0.3) is 0 Å². The van der Waals surface area contributed by atoms with Crippen molar-refractivity contribution in [1.29, 1.82) is 0 Å². The summed E-state index contributed by atoms with van der Waals surface area (Å²) in [6, 6.07) is 16.9. The maximum Gasteiger partial charge on any atom is 0.0606 e. The normalized spacial score (nSPS) is 11.0. The van der Waals surface area contributed by atoms with E-state index in [1.807, 2.05) is 14.1 Å². The summed E-state index contributed by atoms with van der Waals surface area (Å²) >= 11 is 0. The Morgan fingerprint density at radius 3 is 1.70 bits per heavy atom. The second kappa shape index (κ2) is 8.39. The third-order valence-electron chi connectivity index (χ3n) is 3.89. The van der Waals surface area contributed by atoms with Crippen molar-refractivity contribution in [2.24, 2.45) is 0 Å². The first-order valence-electron chi connectivity index (χ1n) is 8.05. The van der Waals surface area contributed by atoms with Gasteiger partial charge in [-0.25, -0.2) is 0 Å². The van der Waals surface area contributed by atoms with Crippen molar-refractivity contribution in [2.75, 3.05) is 43.6 Å². The maximum atomic E-state index is 9.09. The van der Waals surface area contributed by atoms with Crippen LogP contribution < -0.4 is 9.80 Å². The fourth-order valence-corrected chi connectivity index (χ4v) is 2.46. The van der Waals surface area contributed by atoms with Crippen molar-refractivity contribution in [3.63, 3.8) is 0 Å². The summed E-state index contributed by atoms with van der Waals surface area (Å²) in [4.78, 5) is 4.26. The predicted octanol–water partition coefficient (Wildman–Crippen LogP) is 3.74. The van der Waals surface area contributed by atoms with Gasteiger partial charge in [0, 0.05) is 38.6 Å². The third kappa shape index (κ3) is 4.86. The Kier molecular flexibility index (Phi) is 6.24. The van der Waals surface area contributed by atoms with E-state index in [2.05, 4.69) is 77.4 Å². The molecule has 0 aliphatic carbocycles. The SMILES string of the molecule is CCN(CCO)c1ccc(/C=C/c2ccc(N(C)C)cc2)cc1. The van der Waals surface area contributed by atoms with Crippen LogP contribution in [0.15, 0.2) is 48.5 Å². The highest BCUT2D eigenvalue weighted by atomic mass is 16.3. The van der Waals surface area contributed by atoms with Gasteiger partial charge in [-0.2, -0.15) is 0 Å². The Labute approximate surface area is 139 Å². The second-order valence-corrected chi connectivity index (χ2v) is 5.71. The topological polar surface area (TPSA) is 26.7 Å². The van der Waals surface area contributed by atoms with Gasteiger partial charge >= 0.3 is 0 Å². The lowest BCUT2D eigenvalue weighted by atomic mass is 10.1. The number of hydrogen-bond acceptors (Lipinski definition) is 3. The molecule has 0 spiro atoms. The number of aliphatic hydroxyl groups is 1. The monoisotopic (exact) mass is 310 g/mol. The number of nitrogens with zero attached hydrogens (tertiary/aromatic N) is 2. The zero-order chi connectivity index (χ0) is 16.7. The molecule has 0 bridgehead atoms. The molecule has 2 aromatic rings. The minimum Gasteiger partial charge on any atom is -0.395 e. The smallest absolute Gasteiger partial charge is 0.0606 e. The molecular formula is C20H26N2O. The second-order valence-electron chi connectivity index (χ2n) is 5.71. The van der Waals surface area contributed by atoms with Gasteiger partial charge in [0.15, 0.2) is 0 Å². The molecule has 0 unspecified atom stereocenters. The number of benzene rings is 2. The molecule has 0 saturated carbocycles. The summed E-state index contributed by atoms with van der Waals surface area (Å²) in [5.74, 6) is 0. The van der Waals surface area contributed by atoms with Gasteiger partial charge in [0.05, 0.1) is 6.61 Å². The van der Waals surface area contributed by atoms with Crippen LogP contribution in [0.25, 0.3) is 12.2 Å². The highest BCUT2D eigenvalue weighted by Crippen LogP contribution is 2.18. The van der Waals surface area contributed by atoms with Crippen molar-refractivity contribution in [3.05, 3.63) is 59.7 Å². The molecule has 1 N–H and O–H groups in total. The van der Waals surface area contributed by atoms with E-state index in [0.717, 1.165) is 12.2 Å². The summed E-state index contributed by atoms with van der Waals surface area (Å²) in [5.41, 5.74) is 4.71. The number of hydrogen-bond donors (Lipinski definition) is 1. The van der Waals surface area contributed by atoms with E-state index < -0.39 is 0 Å². The van der Waals surface area contributed by atoms with Gasteiger partial charge < -0.3 is 14.9 Å². The molecular weight excluding hydrogens is 284 g/mol. The highest BCUT2D eigenvalue weighted by molar-refractivity contribution is 5.71. The average Bonchev–Trinajstić information content (AvgIpc) is 2.59. The first-order chi connectivity index (χ1) is 11.1. The van der Waals surface area contributed by atoms with Crippen molar-refractivity contribution in [3.8, 4) is 0 Å². The van der Waals surface area contributed by atoms with E-state index in [-0.39, 0.29) is 6.61 Å². The molecule has 0 aromatic heterocycles. The molecule has 0 atom stereocenters. The van der Waals surface area contributed by atoms with Crippen LogP contribution in [0.3, 0.4) is 0 Å². The standard InChI is InChI=1S/C20H26N2O/c1-4-22(15-16-23)20-13-9-18(10-14-20)6-5-17-7-11-19(12-8-17)21(2)3/h5-14,23H,4,15-16H2,1-3H3/b6-5+. The van der Waals surface area contributed by atoms with Gasteiger partial charge in [-0.1, -0.05) is 36.4 Å². The lowest BCUT2D eigenvalue weighted by Crippen LogP contribution is -2.25. The first kappa shape index (κ1) is 17.1. The van der Waals surface area contributed by atoms with Crippen molar-refractivity contribution in [2.45, 2.75) is 6.92 Å². The fraction of sp³-hybridized carbons (Fsp3) is 0.300. The fourth-order valence-electron chi connectivity index (χ4n) is 2.46. The van der Waals surface area contributed by atoms with Crippen LogP contribution in [0.4, 0.5) is 11.4 Å². The van der Waals surface area contributed by atoms with Crippen LogP contribution in [0.5, 0.6) is 0 Å². The molecule has 0 radical (unpaired) electrons. The molecule has 0 amide bonds. The zero-order valence-electron chi connectivity index (χ0n) is 14.2. The molecule has 122 valence electrons. The molecule has 0 saturated heterocycles. The molecule has 2 rings (SSSR count). The molecule has 23 heavy (non-hydrogen) atoms.